The lowest BCUT2D eigenvalue weighted by Gasteiger charge is -2.16. The Hall–Kier alpha value is -3.00. The first-order valence-corrected chi connectivity index (χ1v) is 12.0. The molecule has 3 aromatic rings. The number of carbonyl (C=O) groups excluding carboxylic acids is 1. The summed E-state index contributed by atoms with van der Waals surface area (Å²) in [7, 11) is 1.41. The van der Waals surface area contributed by atoms with Crippen LogP contribution in [0.3, 0.4) is 0 Å². The van der Waals surface area contributed by atoms with Crippen LogP contribution in [0.25, 0.3) is 10.9 Å². The molecule has 2 aromatic heterocycles. The van der Waals surface area contributed by atoms with Gasteiger partial charge in [0.15, 0.2) is 0 Å². The summed E-state index contributed by atoms with van der Waals surface area (Å²) in [4.78, 5) is 24.1. The van der Waals surface area contributed by atoms with Crippen LogP contribution in [0.4, 0.5) is 5.69 Å². The number of thioether (sulfide) groups is 1. The fraction of sp³-hybridized carbons (Fsp3) is 0.375. The van der Waals surface area contributed by atoms with Crippen molar-refractivity contribution in [3.05, 3.63) is 48.4 Å². The molecular weight excluding hydrogens is 424 g/mol. The van der Waals surface area contributed by atoms with E-state index in [9.17, 15) is 4.79 Å². The molecule has 1 fully saturated rings. The largest absolute Gasteiger partial charge is 0.469 e. The fourth-order valence-corrected chi connectivity index (χ4v) is 5.31. The highest BCUT2D eigenvalue weighted by Crippen LogP contribution is 2.36. The number of fused-ring (bicyclic) bond motifs is 1. The zero-order chi connectivity index (χ0) is 21.9. The fourth-order valence-electron chi connectivity index (χ4n) is 4.28. The van der Waals surface area contributed by atoms with Gasteiger partial charge >= 0.3 is 5.97 Å². The third-order valence-electron chi connectivity index (χ3n) is 5.86. The van der Waals surface area contributed by atoms with Crippen molar-refractivity contribution in [2.45, 2.75) is 44.2 Å². The number of benzene rings is 1. The molecule has 0 radical (unpaired) electrons. The molecule has 1 aliphatic carbocycles. The van der Waals surface area contributed by atoms with Crippen LogP contribution in [0.15, 0.2) is 47.7 Å². The maximum Gasteiger partial charge on any atom is 0.307 e. The van der Waals surface area contributed by atoms with Crippen molar-refractivity contribution in [1.82, 2.24) is 9.97 Å². The quantitative estimate of drug-likeness (QED) is 0.485. The van der Waals surface area contributed by atoms with Gasteiger partial charge in [0.25, 0.3) is 0 Å². The predicted molar refractivity (Wildman–Crippen MR) is 128 cm³/mol. The molecule has 1 aromatic carbocycles. The molecule has 1 atom stereocenters. The Morgan fingerprint density at radius 2 is 2.12 bits per heavy atom. The maximum absolute atomic E-state index is 11.6. The van der Waals surface area contributed by atoms with Crippen molar-refractivity contribution < 1.29 is 14.3 Å². The van der Waals surface area contributed by atoms with Gasteiger partial charge in [0, 0.05) is 29.4 Å². The van der Waals surface area contributed by atoms with Gasteiger partial charge in [-0.1, -0.05) is 12.8 Å². The van der Waals surface area contributed by atoms with E-state index in [1.807, 2.05) is 18.2 Å². The average molecular weight is 451 g/mol. The van der Waals surface area contributed by atoms with E-state index in [4.69, 9.17) is 14.5 Å². The lowest BCUT2D eigenvalue weighted by Crippen LogP contribution is -2.14. The Labute approximate surface area is 191 Å². The summed E-state index contributed by atoms with van der Waals surface area (Å²) < 4.78 is 10.9. The molecule has 0 unspecified atom stereocenters. The minimum atomic E-state index is -0.225. The standard InChI is InChI=1S/C24H26N4O3S/c1-30-22(29)11-17-14-32-24(27-17)21-10-15-9-19(31-18-7-4-8-25-13-18)12-20(23(15)28-21)26-16-5-2-3-6-16/h4,7-10,12-13,16-17,26,28H,2-3,5-6,11,14H2,1H3/t17-/m1/s1. The number of hydrogen-bond acceptors (Lipinski definition) is 7. The molecule has 1 saturated carbocycles. The number of pyridine rings is 1. The average Bonchev–Trinajstić information content (AvgIpc) is 3.55. The number of hydrogen-bond donors (Lipinski definition) is 2. The molecule has 5 rings (SSSR count). The molecule has 32 heavy (non-hydrogen) atoms. The van der Waals surface area contributed by atoms with Crippen molar-refractivity contribution in [3.63, 3.8) is 0 Å². The normalized spacial score (nSPS) is 18.7. The minimum absolute atomic E-state index is 0.0468. The van der Waals surface area contributed by atoms with Crippen LogP contribution in [0.5, 0.6) is 11.5 Å². The molecule has 1 aliphatic heterocycles. The first-order valence-electron chi connectivity index (χ1n) is 11.0. The van der Waals surface area contributed by atoms with Crippen molar-refractivity contribution >= 4 is 39.4 Å². The second-order valence-electron chi connectivity index (χ2n) is 8.21. The Morgan fingerprint density at radius 3 is 2.91 bits per heavy atom. The van der Waals surface area contributed by atoms with E-state index in [2.05, 4.69) is 27.4 Å². The van der Waals surface area contributed by atoms with Gasteiger partial charge < -0.3 is 19.8 Å². The van der Waals surface area contributed by atoms with Gasteiger partial charge in [-0.2, -0.15) is 0 Å². The number of nitrogens with zero attached hydrogens (tertiary/aromatic N) is 2. The zero-order valence-electron chi connectivity index (χ0n) is 18.0. The van der Waals surface area contributed by atoms with Gasteiger partial charge in [-0.05, 0) is 37.1 Å². The van der Waals surface area contributed by atoms with E-state index >= 15 is 0 Å². The van der Waals surface area contributed by atoms with Gasteiger partial charge in [-0.15, -0.1) is 11.8 Å². The lowest BCUT2D eigenvalue weighted by atomic mass is 10.1. The number of aromatic nitrogens is 2. The molecule has 2 N–H and O–H groups in total. The topological polar surface area (TPSA) is 88.6 Å². The van der Waals surface area contributed by atoms with Crippen LogP contribution in [-0.4, -0.2) is 45.9 Å². The van der Waals surface area contributed by atoms with Crippen LogP contribution >= 0.6 is 11.8 Å². The molecule has 0 amide bonds. The van der Waals surface area contributed by atoms with Crippen LogP contribution < -0.4 is 10.1 Å². The van der Waals surface area contributed by atoms with Crippen LogP contribution in [0.1, 0.15) is 37.8 Å². The number of aromatic amines is 1. The smallest absolute Gasteiger partial charge is 0.307 e. The second kappa shape index (κ2) is 9.24. The predicted octanol–water partition coefficient (Wildman–Crippen LogP) is 5.13. The number of anilines is 1. The zero-order valence-corrected chi connectivity index (χ0v) is 18.8. The van der Waals surface area contributed by atoms with Gasteiger partial charge in [0.05, 0.1) is 42.7 Å². The Balaban J connectivity index is 1.47. The highest BCUT2D eigenvalue weighted by molar-refractivity contribution is 8.14. The number of H-pyrrole nitrogens is 1. The summed E-state index contributed by atoms with van der Waals surface area (Å²) in [5, 5.41) is 5.71. The SMILES string of the molecule is COC(=O)C[C@@H]1CSC(c2cc3cc(Oc4cccnc4)cc(NC4CCCC4)c3[nH]2)=N1. The third kappa shape index (κ3) is 4.60. The molecule has 0 saturated heterocycles. The van der Waals surface area contributed by atoms with Gasteiger partial charge in [-0.25, -0.2) is 0 Å². The molecule has 7 nitrogen and oxygen atoms in total. The van der Waals surface area contributed by atoms with E-state index in [-0.39, 0.29) is 12.0 Å². The van der Waals surface area contributed by atoms with Crippen molar-refractivity contribution in [2.24, 2.45) is 4.99 Å². The summed E-state index contributed by atoms with van der Waals surface area (Å²) in [5.41, 5.74) is 3.05. The number of carbonyl (C=O) groups is 1. The molecule has 166 valence electrons. The van der Waals surface area contributed by atoms with Crippen LogP contribution in [0.2, 0.25) is 0 Å². The number of esters is 1. The number of aliphatic imine (C=N–C) groups is 1. The number of rotatable bonds is 7. The van der Waals surface area contributed by atoms with Gasteiger partial charge in [0.2, 0.25) is 0 Å². The van der Waals surface area contributed by atoms with Crippen molar-refractivity contribution in [3.8, 4) is 11.5 Å². The number of nitrogens with one attached hydrogen (secondary N) is 2. The third-order valence-corrected chi connectivity index (χ3v) is 7.01. The highest BCUT2D eigenvalue weighted by atomic mass is 32.2. The van der Waals surface area contributed by atoms with E-state index in [1.54, 1.807) is 24.2 Å². The van der Waals surface area contributed by atoms with E-state index < -0.39 is 0 Å². The summed E-state index contributed by atoms with van der Waals surface area (Å²) >= 11 is 1.67. The Bertz CT molecular complexity index is 1140. The van der Waals surface area contributed by atoms with E-state index in [0.717, 1.165) is 38.8 Å². The lowest BCUT2D eigenvalue weighted by molar-refractivity contribution is -0.140. The molecular formula is C24H26N4O3S. The first-order chi connectivity index (χ1) is 15.7. The molecule has 8 heteroatoms. The molecule has 0 spiro atoms. The second-order valence-corrected chi connectivity index (χ2v) is 9.22. The monoisotopic (exact) mass is 450 g/mol. The van der Waals surface area contributed by atoms with Crippen molar-refractivity contribution in [1.29, 1.82) is 0 Å². The first kappa shape index (κ1) is 20.9. The van der Waals surface area contributed by atoms with E-state index in [1.165, 1.54) is 32.8 Å². The summed E-state index contributed by atoms with van der Waals surface area (Å²) in [6.07, 6.45) is 8.64. The summed E-state index contributed by atoms with van der Waals surface area (Å²) in [6, 6.07) is 10.4. The molecule has 0 bridgehead atoms. The van der Waals surface area contributed by atoms with Crippen LogP contribution in [0, 0.1) is 0 Å². The van der Waals surface area contributed by atoms with Gasteiger partial charge in [0.1, 0.15) is 16.5 Å². The number of methoxy groups -OCH3 is 1. The minimum Gasteiger partial charge on any atom is -0.469 e. The molecule has 2 aliphatic rings. The maximum atomic E-state index is 11.6. The highest BCUT2D eigenvalue weighted by Gasteiger charge is 2.24. The summed E-state index contributed by atoms with van der Waals surface area (Å²) in [6.45, 7) is 0. The van der Waals surface area contributed by atoms with Crippen molar-refractivity contribution in [2.75, 3.05) is 18.2 Å². The van der Waals surface area contributed by atoms with Crippen LogP contribution in [-0.2, 0) is 9.53 Å². The van der Waals surface area contributed by atoms with E-state index in [0.29, 0.717) is 18.2 Å². The number of ether oxygens (including phenoxy) is 2. The van der Waals surface area contributed by atoms with Gasteiger partial charge in [-0.3, -0.25) is 14.8 Å². The Morgan fingerprint density at radius 1 is 1.25 bits per heavy atom. The Kier molecular flexibility index (Phi) is 6.03. The molecule has 3 heterocycles. The summed E-state index contributed by atoms with van der Waals surface area (Å²) in [5.74, 6) is 2.02.